The number of hydrogen-bond donors (Lipinski definition) is 1. The quantitative estimate of drug-likeness (QED) is 0.613. The predicted molar refractivity (Wildman–Crippen MR) is 112 cm³/mol. The molecule has 5 atom stereocenters. The lowest BCUT2D eigenvalue weighted by atomic mass is 9.74. The molecular formula is C22H22N2O4S. The number of aliphatic hydroxyl groups is 1. The molecule has 1 aliphatic carbocycles. The van der Waals surface area contributed by atoms with Gasteiger partial charge in [-0.2, -0.15) is 0 Å². The van der Waals surface area contributed by atoms with E-state index in [4.69, 9.17) is 21.7 Å². The van der Waals surface area contributed by atoms with Gasteiger partial charge >= 0.3 is 5.97 Å². The Bertz CT molecular complexity index is 936. The first-order valence-corrected chi connectivity index (χ1v) is 10.2. The molecule has 3 aliphatic heterocycles. The van der Waals surface area contributed by atoms with Crippen molar-refractivity contribution in [2.24, 2.45) is 5.92 Å². The van der Waals surface area contributed by atoms with Gasteiger partial charge in [0.2, 0.25) is 0 Å². The number of fused-ring (bicyclic) bond motifs is 2. The summed E-state index contributed by atoms with van der Waals surface area (Å²) in [6.07, 6.45) is -0.850. The van der Waals surface area contributed by atoms with Gasteiger partial charge in [0.25, 0.3) is 0 Å². The molecule has 2 aromatic rings. The molecule has 1 saturated carbocycles. The van der Waals surface area contributed by atoms with E-state index in [1.807, 2.05) is 42.5 Å². The van der Waals surface area contributed by atoms with Crippen molar-refractivity contribution in [2.75, 3.05) is 12.0 Å². The molecule has 3 heterocycles. The summed E-state index contributed by atoms with van der Waals surface area (Å²) in [6.45, 7) is 0.598. The summed E-state index contributed by atoms with van der Waals surface area (Å²) < 4.78 is 10.9. The highest BCUT2D eigenvalue weighted by Gasteiger charge is 2.62. The maximum Gasteiger partial charge on any atom is 0.311 e. The van der Waals surface area contributed by atoms with Gasteiger partial charge in [-0.1, -0.05) is 30.3 Å². The van der Waals surface area contributed by atoms with Gasteiger partial charge in [-0.25, -0.2) is 0 Å². The smallest absolute Gasteiger partial charge is 0.311 e. The monoisotopic (exact) mass is 410 g/mol. The molecule has 0 aromatic heterocycles. The molecule has 4 aliphatic rings. The van der Waals surface area contributed by atoms with Crippen molar-refractivity contribution in [1.29, 1.82) is 0 Å². The number of thiocarbonyl (C=S) groups is 1. The van der Waals surface area contributed by atoms with Gasteiger partial charge in [-0.3, -0.25) is 4.79 Å². The Hall–Kier alpha value is -2.64. The van der Waals surface area contributed by atoms with E-state index >= 15 is 0 Å². The third kappa shape index (κ3) is 2.88. The van der Waals surface area contributed by atoms with Crippen LogP contribution in [-0.2, 0) is 16.1 Å². The third-order valence-electron chi connectivity index (χ3n) is 6.18. The molecule has 2 bridgehead atoms. The Kier molecular flexibility index (Phi) is 4.44. The van der Waals surface area contributed by atoms with Gasteiger partial charge in [0, 0.05) is 12.2 Å². The van der Waals surface area contributed by atoms with Crippen LogP contribution in [0.4, 0.5) is 5.69 Å². The van der Waals surface area contributed by atoms with E-state index in [9.17, 15) is 9.90 Å². The first kappa shape index (κ1) is 18.4. The Labute approximate surface area is 174 Å². The Balaban J connectivity index is 1.56. The zero-order valence-corrected chi connectivity index (χ0v) is 16.8. The first-order valence-electron chi connectivity index (χ1n) is 9.75. The minimum atomic E-state index is -0.671. The van der Waals surface area contributed by atoms with Crippen molar-refractivity contribution in [1.82, 2.24) is 4.90 Å². The second kappa shape index (κ2) is 7.00. The van der Waals surface area contributed by atoms with E-state index in [0.29, 0.717) is 18.1 Å². The molecule has 6 nitrogen and oxygen atoms in total. The van der Waals surface area contributed by atoms with Gasteiger partial charge < -0.3 is 24.4 Å². The summed E-state index contributed by atoms with van der Waals surface area (Å²) in [4.78, 5) is 16.7. The molecule has 3 saturated heterocycles. The topological polar surface area (TPSA) is 62.2 Å². The predicted octanol–water partition coefficient (Wildman–Crippen LogP) is 2.35. The van der Waals surface area contributed by atoms with E-state index in [1.165, 1.54) is 0 Å². The van der Waals surface area contributed by atoms with Crippen LogP contribution < -0.4 is 9.64 Å². The lowest BCUT2D eigenvalue weighted by molar-refractivity contribution is -0.194. The van der Waals surface area contributed by atoms with Gasteiger partial charge in [-0.05, 0) is 48.5 Å². The van der Waals surface area contributed by atoms with Crippen LogP contribution in [0.2, 0.25) is 0 Å². The van der Waals surface area contributed by atoms with E-state index < -0.39 is 18.1 Å². The SMILES string of the molecule is COc1ccc(N2C(=S)N(Cc3ccccc3)C3C4OC(=O)C(CC4O)C32)cc1. The number of esters is 1. The van der Waals surface area contributed by atoms with Crippen LogP contribution >= 0.6 is 12.2 Å². The number of methoxy groups -OCH3 is 1. The summed E-state index contributed by atoms with van der Waals surface area (Å²) in [5.74, 6) is 0.0989. The van der Waals surface area contributed by atoms with Gasteiger partial charge in [0.15, 0.2) is 5.11 Å². The first-order chi connectivity index (χ1) is 14.1. The standard InChI is InChI=1S/C22H22N2O4S/c1-27-15-9-7-14(8-10-15)24-18-16-11-17(25)20(28-21(16)26)19(18)23(22(24)29)12-13-5-3-2-4-6-13/h2-10,16-20,25H,11-12H2,1H3. The van der Waals surface area contributed by atoms with Crippen molar-refractivity contribution in [3.63, 3.8) is 0 Å². The molecular weight excluding hydrogens is 388 g/mol. The number of carbonyl (C=O) groups excluding carboxylic acids is 1. The van der Waals surface area contributed by atoms with E-state index in [0.717, 1.165) is 17.0 Å². The summed E-state index contributed by atoms with van der Waals surface area (Å²) >= 11 is 5.90. The van der Waals surface area contributed by atoms with Crippen LogP contribution in [0.5, 0.6) is 5.75 Å². The molecule has 0 amide bonds. The average Bonchev–Trinajstić information content (AvgIpc) is 3.03. The third-order valence-corrected chi connectivity index (χ3v) is 6.62. The number of benzene rings is 2. The number of hydrogen-bond acceptors (Lipinski definition) is 5. The highest BCUT2D eigenvalue weighted by Crippen LogP contribution is 2.46. The molecule has 150 valence electrons. The average molecular weight is 410 g/mol. The Morgan fingerprint density at radius 1 is 1.14 bits per heavy atom. The molecule has 0 radical (unpaired) electrons. The molecule has 29 heavy (non-hydrogen) atoms. The number of aliphatic hydroxyl groups excluding tert-OH is 1. The zero-order chi connectivity index (χ0) is 20.1. The number of carbonyl (C=O) groups is 1. The maximum atomic E-state index is 12.6. The van der Waals surface area contributed by atoms with E-state index in [2.05, 4.69) is 21.9 Å². The fourth-order valence-corrected chi connectivity index (χ4v) is 5.28. The fraction of sp³-hybridized carbons (Fsp3) is 0.364. The van der Waals surface area contributed by atoms with Gasteiger partial charge in [0.1, 0.15) is 11.9 Å². The van der Waals surface area contributed by atoms with E-state index in [1.54, 1.807) is 7.11 Å². The fourth-order valence-electron chi connectivity index (χ4n) is 4.87. The zero-order valence-electron chi connectivity index (χ0n) is 16.0. The van der Waals surface area contributed by atoms with Crippen LogP contribution in [0.25, 0.3) is 0 Å². The van der Waals surface area contributed by atoms with Crippen LogP contribution in [0.3, 0.4) is 0 Å². The highest BCUT2D eigenvalue weighted by atomic mass is 32.1. The van der Waals surface area contributed by atoms with Crippen LogP contribution in [0.15, 0.2) is 54.6 Å². The van der Waals surface area contributed by atoms with Gasteiger partial charge in [0.05, 0.1) is 31.2 Å². The number of nitrogens with zero attached hydrogens (tertiary/aromatic N) is 2. The summed E-state index contributed by atoms with van der Waals surface area (Å²) in [5, 5.41) is 11.2. The lowest BCUT2D eigenvalue weighted by Crippen LogP contribution is -2.66. The van der Waals surface area contributed by atoms with Crippen LogP contribution in [-0.4, -0.2) is 52.5 Å². The summed E-state index contributed by atoms with van der Waals surface area (Å²) in [5.41, 5.74) is 2.03. The molecule has 6 rings (SSSR count). The minimum Gasteiger partial charge on any atom is -0.497 e. The van der Waals surface area contributed by atoms with Crippen molar-refractivity contribution in [3.05, 3.63) is 60.2 Å². The van der Waals surface area contributed by atoms with E-state index in [-0.39, 0.29) is 18.1 Å². The largest absolute Gasteiger partial charge is 0.497 e. The maximum absolute atomic E-state index is 12.6. The molecule has 1 N–H and O–H groups in total. The Morgan fingerprint density at radius 3 is 2.55 bits per heavy atom. The highest BCUT2D eigenvalue weighted by molar-refractivity contribution is 7.80. The minimum absolute atomic E-state index is 0.158. The second-order valence-electron chi connectivity index (χ2n) is 7.76. The molecule has 4 fully saturated rings. The van der Waals surface area contributed by atoms with Gasteiger partial charge in [-0.15, -0.1) is 0 Å². The number of rotatable bonds is 4. The molecule has 0 spiro atoms. The second-order valence-corrected chi connectivity index (χ2v) is 8.12. The summed E-state index contributed by atoms with van der Waals surface area (Å²) in [6, 6.07) is 17.4. The van der Waals surface area contributed by atoms with Crippen molar-refractivity contribution < 1.29 is 19.4 Å². The summed E-state index contributed by atoms with van der Waals surface area (Å²) in [7, 11) is 1.63. The molecule has 5 unspecified atom stereocenters. The molecule has 2 aromatic carbocycles. The van der Waals surface area contributed by atoms with Crippen molar-refractivity contribution in [3.8, 4) is 5.75 Å². The van der Waals surface area contributed by atoms with Crippen LogP contribution in [0, 0.1) is 5.92 Å². The number of anilines is 1. The van der Waals surface area contributed by atoms with Crippen molar-refractivity contribution in [2.45, 2.75) is 37.3 Å². The van der Waals surface area contributed by atoms with Crippen LogP contribution in [0.1, 0.15) is 12.0 Å². The lowest BCUT2D eigenvalue weighted by Gasteiger charge is -2.49. The normalized spacial score (nSPS) is 30.3. The number of ether oxygens (including phenoxy) is 2. The molecule has 7 heteroatoms. The van der Waals surface area contributed by atoms with Crippen molar-refractivity contribution >= 4 is 29.0 Å². The Morgan fingerprint density at radius 2 is 1.86 bits per heavy atom.